The zero-order chi connectivity index (χ0) is 25.7. The predicted octanol–water partition coefficient (Wildman–Crippen LogP) is 6.85. The Morgan fingerprint density at radius 1 is 0.917 bits per heavy atom. The van der Waals surface area contributed by atoms with E-state index in [9.17, 15) is 0 Å². The van der Waals surface area contributed by atoms with E-state index in [1.807, 2.05) is 13.0 Å². The largest absolute Gasteiger partial charge is 0.475 e. The van der Waals surface area contributed by atoms with Crippen molar-refractivity contribution < 1.29 is 9.47 Å². The minimum atomic E-state index is 0.0822. The van der Waals surface area contributed by atoms with E-state index in [4.69, 9.17) is 14.5 Å². The summed E-state index contributed by atoms with van der Waals surface area (Å²) < 4.78 is 13.1. The highest BCUT2D eigenvalue weighted by Gasteiger charge is 2.27. The van der Waals surface area contributed by atoms with Gasteiger partial charge in [0.2, 0.25) is 5.88 Å². The van der Waals surface area contributed by atoms with E-state index >= 15 is 0 Å². The molecule has 0 spiro atoms. The van der Waals surface area contributed by atoms with Gasteiger partial charge in [0, 0.05) is 35.1 Å². The molecule has 3 heterocycles. The highest BCUT2D eigenvalue weighted by Crippen LogP contribution is 2.35. The number of likely N-dealkylation sites (tertiary alicyclic amines) is 1. The van der Waals surface area contributed by atoms with E-state index in [0.29, 0.717) is 12.5 Å². The van der Waals surface area contributed by atoms with Crippen molar-refractivity contribution in [1.82, 2.24) is 14.9 Å². The fraction of sp³-hybridized carbons (Fsp3) is 0.484. The first-order valence-corrected chi connectivity index (χ1v) is 13.6. The molecular weight excluding hydrogens is 446 g/mol. The van der Waals surface area contributed by atoms with Crippen molar-refractivity contribution in [1.29, 1.82) is 0 Å². The number of aryl methyl sites for hydroxylation is 5. The second kappa shape index (κ2) is 11.9. The molecule has 0 N–H and O–H groups in total. The molecule has 2 aromatic heterocycles. The van der Waals surface area contributed by atoms with E-state index in [2.05, 4.69) is 74.8 Å². The summed E-state index contributed by atoms with van der Waals surface area (Å²) in [6, 6.07) is 12.9. The van der Waals surface area contributed by atoms with Gasteiger partial charge >= 0.3 is 0 Å². The van der Waals surface area contributed by atoms with Crippen molar-refractivity contribution in [3.63, 3.8) is 0 Å². The second-order valence-electron chi connectivity index (χ2n) is 9.63. The maximum atomic E-state index is 6.75. The third-order valence-corrected chi connectivity index (χ3v) is 7.33. The maximum absolute atomic E-state index is 6.75. The molecule has 1 fully saturated rings. The van der Waals surface area contributed by atoms with Gasteiger partial charge in [0.15, 0.2) is 6.23 Å². The predicted molar refractivity (Wildman–Crippen MR) is 147 cm³/mol. The van der Waals surface area contributed by atoms with Crippen molar-refractivity contribution >= 4 is 0 Å². The molecule has 36 heavy (non-hydrogen) atoms. The molecule has 192 valence electrons. The molecule has 1 aliphatic heterocycles. The lowest BCUT2D eigenvalue weighted by atomic mass is 9.94. The molecule has 5 nitrogen and oxygen atoms in total. The molecule has 1 atom stereocenters. The fourth-order valence-corrected chi connectivity index (χ4v) is 5.18. The standard InChI is InChI=1S/C31H41N3O2/c1-7-23-13-11-14-24(8-2)30(23)27-19-28(36-29-15-12-18-34(29)10-4)26(22(6)33-27)20-35-31-25(9-3)17-16-21(5)32-31/h11,13-14,16-17,19,29H,7-10,12,15,18,20H2,1-6H3. The van der Waals surface area contributed by atoms with Crippen LogP contribution in [0.2, 0.25) is 0 Å². The quantitative estimate of drug-likeness (QED) is 0.313. The molecule has 1 saturated heterocycles. The van der Waals surface area contributed by atoms with Gasteiger partial charge in [-0.05, 0) is 69.7 Å². The van der Waals surface area contributed by atoms with Crippen molar-refractivity contribution in [2.24, 2.45) is 0 Å². The van der Waals surface area contributed by atoms with Crippen LogP contribution in [-0.4, -0.2) is 34.2 Å². The monoisotopic (exact) mass is 487 g/mol. The van der Waals surface area contributed by atoms with E-state index in [1.165, 1.54) is 16.7 Å². The first kappa shape index (κ1) is 26.2. The van der Waals surface area contributed by atoms with Crippen molar-refractivity contribution in [2.45, 2.75) is 86.5 Å². The fourth-order valence-electron chi connectivity index (χ4n) is 5.18. The summed E-state index contributed by atoms with van der Waals surface area (Å²) in [6.45, 7) is 15.3. The molecule has 1 aromatic carbocycles. The van der Waals surface area contributed by atoms with Crippen LogP contribution in [-0.2, 0) is 25.9 Å². The third-order valence-electron chi connectivity index (χ3n) is 7.33. The minimum Gasteiger partial charge on any atom is -0.475 e. The lowest BCUT2D eigenvalue weighted by molar-refractivity contribution is 0.0629. The topological polar surface area (TPSA) is 47.5 Å². The summed E-state index contributed by atoms with van der Waals surface area (Å²) in [5, 5.41) is 0. The van der Waals surface area contributed by atoms with Crippen LogP contribution in [0, 0.1) is 13.8 Å². The number of rotatable bonds is 10. The zero-order valence-electron chi connectivity index (χ0n) is 22.9. The van der Waals surface area contributed by atoms with Gasteiger partial charge in [-0.25, -0.2) is 4.98 Å². The Balaban J connectivity index is 1.76. The normalized spacial score (nSPS) is 15.9. The lowest BCUT2D eigenvalue weighted by Gasteiger charge is -2.26. The molecule has 1 aliphatic rings. The van der Waals surface area contributed by atoms with Gasteiger partial charge in [0.25, 0.3) is 0 Å². The van der Waals surface area contributed by atoms with Crippen molar-refractivity contribution in [2.75, 3.05) is 13.1 Å². The molecule has 0 aliphatic carbocycles. The van der Waals surface area contributed by atoms with Crippen LogP contribution in [0.1, 0.15) is 74.2 Å². The Morgan fingerprint density at radius 2 is 1.64 bits per heavy atom. The van der Waals surface area contributed by atoms with Crippen LogP contribution in [0.5, 0.6) is 11.6 Å². The molecule has 1 unspecified atom stereocenters. The number of benzene rings is 1. The van der Waals surface area contributed by atoms with Crippen LogP contribution in [0.15, 0.2) is 36.4 Å². The van der Waals surface area contributed by atoms with Gasteiger partial charge in [0.05, 0.1) is 11.3 Å². The average molecular weight is 488 g/mol. The summed E-state index contributed by atoms with van der Waals surface area (Å²) in [5.41, 5.74) is 8.90. The Kier molecular flexibility index (Phi) is 8.63. The Bertz CT molecular complexity index is 1170. The van der Waals surface area contributed by atoms with Crippen LogP contribution < -0.4 is 9.47 Å². The van der Waals surface area contributed by atoms with E-state index in [-0.39, 0.29) is 6.23 Å². The molecule has 4 rings (SSSR count). The maximum Gasteiger partial charge on any atom is 0.217 e. The highest BCUT2D eigenvalue weighted by atomic mass is 16.5. The number of aromatic nitrogens is 2. The molecule has 0 saturated carbocycles. The van der Waals surface area contributed by atoms with Gasteiger partial charge in [-0.3, -0.25) is 9.88 Å². The minimum absolute atomic E-state index is 0.0822. The number of ether oxygens (including phenoxy) is 2. The zero-order valence-corrected chi connectivity index (χ0v) is 22.9. The number of hydrogen-bond donors (Lipinski definition) is 0. The van der Waals surface area contributed by atoms with Crippen LogP contribution >= 0.6 is 0 Å². The van der Waals surface area contributed by atoms with Gasteiger partial charge < -0.3 is 9.47 Å². The Labute approximate surface area is 216 Å². The SMILES string of the molecule is CCc1ccc(C)nc1OCc1c(OC2CCCN2CC)cc(-c2c(CC)cccc2CC)nc1C. The lowest BCUT2D eigenvalue weighted by Crippen LogP contribution is -2.34. The number of pyridine rings is 2. The van der Waals surface area contributed by atoms with Crippen molar-refractivity contribution in [3.8, 4) is 22.9 Å². The summed E-state index contributed by atoms with van der Waals surface area (Å²) in [7, 11) is 0. The molecule has 5 heteroatoms. The molecule has 3 aromatic rings. The van der Waals surface area contributed by atoms with Gasteiger partial charge in [-0.15, -0.1) is 0 Å². The van der Waals surface area contributed by atoms with E-state index < -0.39 is 0 Å². The van der Waals surface area contributed by atoms with Crippen LogP contribution in [0.25, 0.3) is 11.3 Å². The van der Waals surface area contributed by atoms with E-state index in [1.54, 1.807) is 0 Å². The average Bonchev–Trinajstić information content (AvgIpc) is 3.34. The molecule has 0 bridgehead atoms. The van der Waals surface area contributed by atoms with Crippen molar-refractivity contribution in [3.05, 3.63) is 70.0 Å². The highest BCUT2D eigenvalue weighted by molar-refractivity contribution is 5.70. The third kappa shape index (κ3) is 5.57. The first-order chi connectivity index (χ1) is 17.5. The van der Waals surface area contributed by atoms with Gasteiger partial charge in [0.1, 0.15) is 12.4 Å². The summed E-state index contributed by atoms with van der Waals surface area (Å²) in [6.07, 6.45) is 5.09. The Morgan fingerprint density at radius 3 is 2.31 bits per heavy atom. The molecular formula is C31H41N3O2. The number of nitrogens with zero attached hydrogens (tertiary/aromatic N) is 3. The summed E-state index contributed by atoms with van der Waals surface area (Å²) in [5.74, 6) is 1.58. The molecule has 0 amide bonds. The van der Waals surface area contributed by atoms with E-state index in [0.717, 1.165) is 79.2 Å². The van der Waals surface area contributed by atoms with Gasteiger partial charge in [-0.1, -0.05) is 52.0 Å². The second-order valence-corrected chi connectivity index (χ2v) is 9.63. The Hall–Kier alpha value is -2.92. The summed E-state index contributed by atoms with van der Waals surface area (Å²) >= 11 is 0. The van der Waals surface area contributed by atoms with Crippen LogP contribution in [0.3, 0.4) is 0 Å². The van der Waals surface area contributed by atoms with Gasteiger partial charge in [-0.2, -0.15) is 0 Å². The van der Waals surface area contributed by atoms with Crippen LogP contribution in [0.4, 0.5) is 0 Å². The molecule has 0 radical (unpaired) electrons. The number of hydrogen-bond acceptors (Lipinski definition) is 5. The first-order valence-electron chi connectivity index (χ1n) is 13.6. The smallest absolute Gasteiger partial charge is 0.217 e. The summed E-state index contributed by atoms with van der Waals surface area (Å²) in [4.78, 5) is 12.2.